The number of rotatable bonds is 24. The number of unbranched alkanes of at least 4 members (excludes halogenated alkanes) is 7. The molecule has 0 heterocycles. The Balaban J connectivity index is 3.92. The largest absolute Gasteiger partial charge is 0.469 e. The monoisotopic (exact) mass is 460 g/mol. The van der Waals surface area contributed by atoms with Gasteiger partial charge >= 0.3 is 5.97 Å². The topological polar surface area (TPSA) is 94.5 Å². The summed E-state index contributed by atoms with van der Waals surface area (Å²) in [5, 5.41) is 19.2. The van der Waals surface area contributed by atoms with Crippen LogP contribution in [0, 0.1) is 0 Å². The molecule has 0 aliphatic rings. The maximum Gasteiger partial charge on any atom is 0.305 e. The summed E-state index contributed by atoms with van der Waals surface area (Å²) in [6, 6.07) is 0. The molecular weight excluding hydrogens is 412 g/mol. The van der Waals surface area contributed by atoms with Gasteiger partial charge in [0.1, 0.15) is 0 Å². The van der Waals surface area contributed by atoms with Crippen molar-refractivity contribution in [3.05, 3.63) is 12.2 Å². The second-order valence-electron chi connectivity index (χ2n) is 8.01. The minimum atomic E-state index is -0.505. The number of allylic oxidation sites excluding steroid dienone is 1. The molecule has 0 amide bonds. The van der Waals surface area contributed by atoms with E-state index in [9.17, 15) is 9.90 Å². The van der Waals surface area contributed by atoms with Crippen LogP contribution in [0.1, 0.15) is 84.0 Å². The van der Waals surface area contributed by atoms with Gasteiger partial charge in [0.15, 0.2) is 0 Å². The van der Waals surface area contributed by atoms with Crippen LogP contribution in [0.15, 0.2) is 12.2 Å². The molecule has 0 aromatic rings. The maximum atomic E-state index is 11.0. The van der Waals surface area contributed by atoms with Crippen LogP contribution in [0.4, 0.5) is 0 Å². The average molecular weight is 461 g/mol. The van der Waals surface area contributed by atoms with E-state index in [4.69, 9.17) is 19.3 Å². The first kappa shape index (κ1) is 31.0. The van der Waals surface area contributed by atoms with Crippen molar-refractivity contribution < 1.29 is 34.0 Å². The predicted octanol–water partition coefficient (Wildman–Crippen LogP) is 4.19. The van der Waals surface area contributed by atoms with Crippen molar-refractivity contribution in [3.63, 3.8) is 0 Å². The molecule has 2 atom stereocenters. The molecule has 32 heavy (non-hydrogen) atoms. The van der Waals surface area contributed by atoms with Crippen LogP contribution in [0.5, 0.6) is 0 Å². The number of aliphatic hydroxyl groups excluding tert-OH is 2. The second-order valence-corrected chi connectivity index (χ2v) is 8.01. The summed E-state index contributed by atoms with van der Waals surface area (Å²) in [7, 11) is 1.43. The SMILES string of the molecule is CCCCCC(OCCOCCOCCO)C(O)C/C=C/CCCCCCCC(=O)OC. The molecule has 0 aromatic heterocycles. The first-order chi connectivity index (χ1) is 15.7. The quantitative estimate of drug-likeness (QED) is 0.127. The molecular formula is C25H48O7. The van der Waals surface area contributed by atoms with E-state index in [0.717, 1.165) is 64.2 Å². The first-order valence-electron chi connectivity index (χ1n) is 12.4. The van der Waals surface area contributed by atoms with E-state index < -0.39 is 6.10 Å². The highest BCUT2D eigenvalue weighted by molar-refractivity contribution is 5.68. The van der Waals surface area contributed by atoms with Crippen molar-refractivity contribution in [2.45, 2.75) is 96.2 Å². The number of esters is 1. The first-order valence-corrected chi connectivity index (χ1v) is 12.4. The number of carbonyl (C=O) groups is 1. The van der Waals surface area contributed by atoms with Crippen molar-refractivity contribution in [1.29, 1.82) is 0 Å². The lowest BCUT2D eigenvalue weighted by atomic mass is 10.0. The van der Waals surface area contributed by atoms with Gasteiger partial charge in [0, 0.05) is 6.42 Å². The van der Waals surface area contributed by atoms with E-state index in [1.54, 1.807) is 0 Å². The molecule has 0 rings (SSSR count). The van der Waals surface area contributed by atoms with Crippen LogP contribution in [-0.4, -0.2) is 75.1 Å². The summed E-state index contributed by atoms with van der Waals surface area (Å²) < 4.78 is 21.2. The van der Waals surface area contributed by atoms with Gasteiger partial charge in [-0.1, -0.05) is 57.6 Å². The van der Waals surface area contributed by atoms with Crippen LogP contribution in [0.2, 0.25) is 0 Å². The molecule has 0 bridgehead atoms. The molecule has 0 saturated carbocycles. The maximum absolute atomic E-state index is 11.0. The van der Waals surface area contributed by atoms with Crippen molar-refractivity contribution in [2.75, 3.05) is 46.8 Å². The fourth-order valence-electron chi connectivity index (χ4n) is 3.30. The summed E-state index contributed by atoms with van der Waals surface area (Å²) in [6.07, 6.45) is 15.2. The van der Waals surface area contributed by atoms with Gasteiger partial charge in [-0.05, 0) is 32.1 Å². The van der Waals surface area contributed by atoms with E-state index in [2.05, 4.69) is 23.8 Å². The zero-order valence-corrected chi connectivity index (χ0v) is 20.5. The molecule has 0 aromatic carbocycles. The van der Waals surface area contributed by atoms with Crippen molar-refractivity contribution in [2.24, 2.45) is 0 Å². The lowest BCUT2D eigenvalue weighted by molar-refractivity contribution is -0.140. The number of aliphatic hydroxyl groups is 2. The molecule has 0 aliphatic carbocycles. The molecule has 7 nitrogen and oxygen atoms in total. The summed E-state index contributed by atoms with van der Waals surface area (Å²) in [4.78, 5) is 11.0. The smallest absolute Gasteiger partial charge is 0.305 e. The fourth-order valence-corrected chi connectivity index (χ4v) is 3.30. The zero-order chi connectivity index (χ0) is 23.7. The lowest BCUT2D eigenvalue weighted by Crippen LogP contribution is -2.30. The summed E-state index contributed by atoms with van der Waals surface area (Å²) >= 11 is 0. The Labute approximate surface area is 195 Å². The molecule has 7 heteroatoms. The third-order valence-corrected chi connectivity index (χ3v) is 5.21. The Kier molecular flexibility index (Phi) is 23.9. The van der Waals surface area contributed by atoms with E-state index in [1.807, 2.05) is 0 Å². The molecule has 2 N–H and O–H groups in total. The molecule has 0 radical (unpaired) electrons. The van der Waals surface area contributed by atoms with Crippen LogP contribution >= 0.6 is 0 Å². The predicted molar refractivity (Wildman–Crippen MR) is 127 cm³/mol. The standard InChI is InChI=1S/C25H48O7/c1-3-4-11-15-24(32-22-21-31-20-19-30-18-17-26)23(27)14-12-9-7-5-6-8-10-13-16-25(28)29-2/h9,12,23-24,26-27H,3-8,10-11,13-22H2,1-2H3/b12-9+. The Morgan fingerprint density at radius 2 is 1.56 bits per heavy atom. The van der Waals surface area contributed by atoms with Gasteiger partial charge in [0.05, 0.1) is 59.0 Å². The van der Waals surface area contributed by atoms with Crippen LogP contribution in [0.3, 0.4) is 0 Å². The summed E-state index contributed by atoms with van der Waals surface area (Å²) in [5.74, 6) is -0.125. The fraction of sp³-hybridized carbons (Fsp3) is 0.880. The zero-order valence-electron chi connectivity index (χ0n) is 20.5. The van der Waals surface area contributed by atoms with Gasteiger partial charge in [-0.2, -0.15) is 0 Å². The van der Waals surface area contributed by atoms with Crippen LogP contribution < -0.4 is 0 Å². The number of hydrogen-bond donors (Lipinski definition) is 2. The van der Waals surface area contributed by atoms with Gasteiger partial charge < -0.3 is 29.2 Å². The van der Waals surface area contributed by atoms with Gasteiger partial charge in [-0.3, -0.25) is 4.79 Å². The molecule has 0 aliphatic heterocycles. The Morgan fingerprint density at radius 1 is 0.875 bits per heavy atom. The van der Waals surface area contributed by atoms with Crippen molar-refractivity contribution in [1.82, 2.24) is 0 Å². The summed E-state index contributed by atoms with van der Waals surface area (Å²) in [6.45, 7) is 4.37. The third-order valence-electron chi connectivity index (χ3n) is 5.21. The van der Waals surface area contributed by atoms with E-state index in [0.29, 0.717) is 45.9 Å². The summed E-state index contributed by atoms with van der Waals surface area (Å²) in [5.41, 5.74) is 0. The number of hydrogen-bond acceptors (Lipinski definition) is 7. The molecule has 0 fully saturated rings. The highest BCUT2D eigenvalue weighted by Gasteiger charge is 2.18. The van der Waals surface area contributed by atoms with Crippen molar-refractivity contribution >= 4 is 5.97 Å². The van der Waals surface area contributed by atoms with Gasteiger partial charge in [0.2, 0.25) is 0 Å². The Hall–Kier alpha value is -0.990. The van der Waals surface area contributed by atoms with Gasteiger partial charge in [-0.25, -0.2) is 0 Å². The normalized spacial score (nSPS) is 13.5. The molecule has 190 valence electrons. The second kappa shape index (κ2) is 24.6. The highest BCUT2D eigenvalue weighted by Crippen LogP contribution is 2.14. The third kappa shape index (κ3) is 20.9. The number of ether oxygens (including phenoxy) is 4. The van der Waals surface area contributed by atoms with Gasteiger partial charge in [-0.15, -0.1) is 0 Å². The average Bonchev–Trinajstić information content (AvgIpc) is 2.80. The van der Waals surface area contributed by atoms with Crippen LogP contribution in [0.25, 0.3) is 0 Å². The van der Waals surface area contributed by atoms with E-state index >= 15 is 0 Å². The van der Waals surface area contributed by atoms with Gasteiger partial charge in [0.25, 0.3) is 0 Å². The molecule has 0 spiro atoms. The highest BCUT2D eigenvalue weighted by atomic mass is 16.6. The molecule has 2 unspecified atom stereocenters. The Morgan fingerprint density at radius 3 is 2.28 bits per heavy atom. The van der Waals surface area contributed by atoms with Crippen LogP contribution in [-0.2, 0) is 23.7 Å². The van der Waals surface area contributed by atoms with E-state index in [-0.39, 0.29) is 18.7 Å². The Bertz CT molecular complexity index is 429. The lowest BCUT2D eigenvalue weighted by Gasteiger charge is -2.22. The van der Waals surface area contributed by atoms with Crippen molar-refractivity contribution in [3.8, 4) is 0 Å². The van der Waals surface area contributed by atoms with E-state index in [1.165, 1.54) is 7.11 Å². The number of methoxy groups -OCH3 is 1. The minimum absolute atomic E-state index is 0.0212. The minimum Gasteiger partial charge on any atom is -0.469 e. The number of carbonyl (C=O) groups excluding carboxylic acids is 1. The molecule has 0 saturated heterocycles.